The first-order valence-electron chi connectivity index (χ1n) is 15.0. The van der Waals surface area contributed by atoms with Crippen LogP contribution in [0.3, 0.4) is 0 Å². The molecule has 0 aromatic carbocycles. The molecule has 6 N–H and O–H groups in total. The zero-order valence-electron chi connectivity index (χ0n) is 24.0. The molecule has 0 spiro atoms. The molecule has 10 heteroatoms. The number of aliphatic hydroxyl groups excluding tert-OH is 1. The number of carbonyl (C=O) groups is 1. The fraction of sp³-hybridized carbons (Fsp3) is 0.581. The van der Waals surface area contributed by atoms with Gasteiger partial charge in [0.05, 0.1) is 6.04 Å². The quantitative estimate of drug-likeness (QED) is 0.114. The van der Waals surface area contributed by atoms with E-state index in [1.54, 1.807) is 6.20 Å². The minimum absolute atomic E-state index is 0.236. The van der Waals surface area contributed by atoms with Crippen LogP contribution in [0.5, 0.6) is 5.88 Å². The summed E-state index contributed by atoms with van der Waals surface area (Å²) in [7, 11) is 0. The summed E-state index contributed by atoms with van der Waals surface area (Å²) in [6, 6.07) is 6.53. The van der Waals surface area contributed by atoms with Crippen molar-refractivity contribution in [1.29, 1.82) is 0 Å². The van der Waals surface area contributed by atoms with Crippen molar-refractivity contribution in [2.45, 2.75) is 95.6 Å². The normalized spacial score (nSPS) is 17.0. The Morgan fingerprint density at radius 1 is 1.10 bits per heavy atom. The van der Waals surface area contributed by atoms with Crippen LogP contribution in [0.1, 0.15) is 82.6 Å². The van der Waals surface area contributed by atoms with Crippen molar-refractivity contribution in [2.75, 3.05) is 13.2 Å². The van der Waals surface area contributed by atoms with E-state index in [9.17, 15) is 15.0 Å². The van der Waals surface area contributed by atoms with E-state index in [4.69, 9.17) is 16.2 Å². The SMILES string of the molecule is NC1=NCC[C@H](/C(=C\C(=O)O)[C@H](CC[C@H](CCCCCCCCCCO)Cc2ccc([O-])nc2)[N-]c2ccc[nH]2)N1. The molecule has 0 saturated carbocycles. The molecule has 1 aliphatic heterocycles. The number of nitrogens with zero attached hydrogens (tertiary/aromatic N) is 3. The van der Waals surface area contributed by atoms with E-state index >= 15 is 0 Å². The number of guanidine groups is 1. The Kier molecular flexibility index (Phi) is 14.1. The van der Waals surface area contributed by atoms with Gasteiger partial charge in [-0.15, -0.1) is 0 Å². The van der Waals surface area contributed by atoms with Gasteiger partial charge in [-0.1, -0.05) is 87.6 Å². The lowest BCUT2D eigenvalue weighted by atomic mass is 9.85. The number of hydrogen-bond acceptors (Lipinski definition) is 7. The van der Waals surface area contributed by atoms with Gasteiger partial charge in [0.15, 0.2) is 5.96 Å². The molecule has 0 fully saturated rings. The van der Waals surface area contributed by atoms with Gasteiger partial charge < -0.3 is 36.7 Å². The Balaban J connectivity index is 1.67. The van der Waals surface area contributed by atoms with Gasteiger partial charge in [-0.05, 0) is 61.1 Å². The molecule has 226 valence electrons. The summed E-state index contributed by atoms with van der Waals surface area (Å²) < 4.78 is 0. The first kappa shape index (κ1) is 32.0. The van der Waals surface area contributed by atoms with Gasteiger partial charge in [-0.3, -0.25) is 9.98 Å². The molecule has 1 aliphatic rings. The molecule has 3 heterocycles. The molecule has 0 bridgehead atoms. The fourth-order valence-corrected chi connectivity index (χ4v) is 5.52. The summed E-state index contributed by atoms with van der Waals surface area (Å²) in [5, 5.41) is 38.3. The number of pyridine rings is 1. The van der Waals surface area contributed by atoms with Gasteiger partial charge >= 0.3 is 5.97 Å². The summed E-state index contributed by atoms with van der Waals surface area (Å²) in [6.45, 7) is 0.809. The van der Waals surface area contributed by atoms with E-state index in [0.717, 1.165) is 44.1 Å². The van der Waals surface area contributed by atoms with E-state index < -0.39 is 5.97 Å². The second-order valence-corrected chi connectivity index (χ2v) is 10.9. The number of carboxylic acids is 1. The van der Waals surface area contributed by atoms with Crippen LogP contribution >= 0.6 is 0 Å². The van der Waals surface area contributed by atoms with Crippen molar-refractivity contribution in [2.24, 2.45) is 16.6 Å². The Morgan fingerprint density at radius 3 is 2.49 bits per heavy atom. The first-order valence-corrected chi connectivity index (χ1v) is 15.0. The average molecular weight is 567 g/mol. The van der Waals surface area contributed by atoms with Crippen molar-refractivity contribution in [3.63, 3.8) is 0 Å². The van der Waals surface area contributed by atoms with Crippen molar-refractivity contribution >= 4 is 17.7 Å². The Hall–Kier alpha value is -3.53. The number of nitrogens with one attached hydrogen (secondary N) is 2. The molecule has 0 aliphatic carbocycles. The maximum atomic E-state index is 11.9. The summed E-state index contributed by atoms with van der Waals surface area (Å²) in [5.74, 6) is 0.120. The minimum Gasteiger partial charge on any atom is -0.859 e. The summed E-state index contributed by atoms with van der Waals surface area (Å²) in [5.41, 5.74) is 7.69. The van der Waals surface area contributed by atoms with E-state index in [1.165, 1.54) is 44.2 Å². The molecule has 0 amide bonds. The highest BCUT2D eigenvalue weighted by atomic mass is 16.4. The predicted molar refractivity (Wildman–Crippen MR) is 160 cm³/mol. The molecule has 41 heavy (non-hydrogen) atoms. The maximum Gasteiger partial charge on any atom is 0.328 e. The van der Waals surface area contributed by atoms with Crippen LogP contribution in [0.15, 0.2) is 53.3 Å². The number of nitrogens with two attached hydrogens (primary N) is 1. The molecular weight excluding hydrogens is 520 g/mol. The zero-order chi connectivity index (χ0) is 29.3. The first-order chi connectivity index (χ1) is 19.9. The van der Waals surface area contributed by atoms with Gasteiger partial charge in [0, 0.05) is 25.4 Å². The molecular formula is C31H46N6O4-2. The largest absolute Gasteiger partial charge is 0.859 e. The van der Waals surface area contributed by atoms with Gasteiger partial charge in [-0.25, -0.2) is 4.79 Å². The van der Waals surface area contributed by atoms with Crippen LogP contribution in [-0.2, 0) is 11.2 Å². The highest BCUT2D eigenvalue weighted by Gasteiger charge is 2.25. The highest BCUT2D eigenvalue weighted by molar-refractivity contribution is 5.83. The molecule has 2 aromatic heterocycles. The number of carboxylic acid groups (broad SMARTS) is 1. The number of aromatic nitrogens is 2. The zero-order valence-corrected chi connectivity index (χ0v) is 24.0. The van der Waals surface area contributed by atoms with E-state index in [1.807, 2.05) is 24.4 Å². The Labute approximate surface area is 243 Å². The molecule has 0 radical (unpaired) electrons. The van der Waals surface area contributed by atoms with E-state index in [0.29, 0.717) is 42.7 Å². The van der Waals surface area contributed by atoms with Crippen LogP contribution in [0.2, 0.25) is 0 Å². The fourth-order valence-electron chi connectivity index (χ4n) is 5.52. The molecule has 0 unspecified atom stereocenters. The Morgan fingerprint density at radius 2 is 1.85 bits per heavy atom. The van der Waals surface area contributed by atoms with Crippen molar-refractivity contribution < 1.29 is 20.1 Å². The van der Waals surface area contributed by atoms with Gasteiger partial charge in [0.25, 0.3) is 0 Å². The lowest BCUT2D eigenvalue weighted by Crippen LogP contribution is -2.46. The minimum atomic E-state index is -1.01. The second-order valence-electron chi connectivity index (χ2n) is 10.9. The smallest absolute Gasteiger partial charge is 0.328 e. The second kappa shape index (κ2) is 18.0. The number of aliphatic hydroxyl groups is 1. The lowest BCUT2D eigenvalue weighted by molar-refractivity contribution is -0.275. The third-order valence-electron chi connectivity index (χ3n) is 7.67. The third kappa shape index (κ3) is 12.3. The van der Waals surface area contributed by atoms with Crippen LogP contribution in [0.4, 0.5) is 5.82 Å². The van der Waals surface area contributed by atoms with E-state index in [-0.39, 0.29) is 24.6 Å². The topological polar surface area (TPSA) is 174 Å². The van der Waals surface area contributed by atoms with Gasteiger partial charge in [0.2, 0.25) is 0 Å². The van der Waals surface area contributed by atoms with Crippen LogP contribution in [0, 0.1) is 5.92 Å². The van der Waals surface area contributed by atoms with Gasteiger partial charge in [-0.2, -0.15) is 0 Å². The van der Waals surface area contributed by atoms with E-state index in [2.05, 4.69) is 20.3 Å². The van der Waals surface area contributed by atoms with Crippen molar-refractivity contribution in [3.8, 4) is 5.88 Å². The predicted octanol–water partition coefficient (Wildman–Crippen LogP) is 4.69. The molecule has 0 saturated heterocycles. The van der Waals surface area contributed by atoms with Gasteiger partial charge in [0.1, 0.15) is 0 Å². The van der Waals surface area contributed by atoms with Crippen molar-refractivity contribution in [3.05, 3.63) is 59.2 Å². The number of H-pyrrole nitrogens is 1. The summed E-state index contributed by atoms with van der Waals surface area (Å²) >= 11 is 0. The lowest BCUT2D eigenvalue weighted by Gasteiger charge is -2.35. The number of aliphatic carboxylic acids is 1. The molecule has 3 rings (SSSR count). The monoisotopic (exact) mass is 566 g/mol. The Bertz CT molecular complexity index is 1070. The highest BCUT2D eigenvalue weighted by Crippen LogP contribution is 2.32. The van der Waals surface area contributed by atoms with Crippen LogP contribution < -0.4 is 16.2 Å². The number of aromatic amines is 1. The number of unbranched alkanes of at least 4 members (excludes halogenated alkanes) is 7. The van der Waals surface area contributed by atoms with Crippen LogP contribution in [-0.4, -0.2) is 57.3 Å². The molecule has 10 nitrogen and oxygen atoms in total. The average Bonchev–Trinajstić information content (AvgIpc) is 3.47. The maximum absolute atomic E-state index is 11.9. The standard InChI is InChI=1S/C31H47N6O4/c32-31-34-18-16-27(37-31)25(21-30(40)41)26(36-28-11-9-17-33-28)14-12-23(20-24-13-15-29(39)35-22-24)10-7-5-3-1-2-4-6-8-19-38/h9,11,13,15,17,21-23,26-27,33,38H,1-8,10,12,14,16,18-20H2,(H,35,39)(H,40,41)(H3,32,34,37)/q-1/p-1/b25-21-/t23-,26-,27+/m0/s1. The number of aliphatic imine (C=N–C) groups is 1. The molecule has 3 atom stereocenters. The molecule has 2 aromatic rings. The number of hydrogen-bond donors (Lipinski definition) is 5. The third-order valence-corrected chi connectivity index (χ3v) is 7.67. The van der Waals surface area contributed by atoms with Crippen LogP contribution in [0.25, 0.3) is 5.32 Å². The number of rotatable bonds is 20. The summed E-state index contributed by atoms with van der Waals surface area (Å²) in [4.78, 5) is 23.2. The van der Waals surface area contributed by atoms with Crippen molar-refractivity contribution in [1.82, 2.24) is 15.3 Å². The summed E-state index contributed by atoms with van der Waals surface area (Å²) in [6.07, 6.45) is 17.8.